The number of ether oxygens (including phenoxy) is 1. The van der Waals surface area contributed by atoms with Gasteiger partial charge in [-0.1, -0.05) is 25.7 Å². The molecule has 0 spiro atoms. The number of aliphatic hydroxyl groups is 1. The minimum absolute atomic E-state index is 0.0359. The molecule has 0 radical (unpaired) electrons. The molecule has 0 saturated heterocycles. The Morgan fingerprint density at radius 3 is 2.85 bits per heavy atom. The first-order valence-electron chi connectivity index (χ1n) is 6.71. The molecule has 1 aromatic carbocycles. The summed E-state index contributed by atoms with van der Waals surface area (Å²) in [5.74, 6) is 6.30. The lowest BCUT2D eigenvalue weighted by atomic mass is 10.1. The Hall–Kier alpha value is -1.99. The van der Waals surface area contributed by atoms with Gasteiger partial charge in [-0.25, -0.2) is 0 Å². The molecule has 4 nitrogen and oxygen atoms in total. The number of carbonyl (C=O) groups excluding carboxylic acids is 1. The molecule has 1 rings (SSSR count). The predicted octanol–water partition coefficient (Wildman–Crippen LogP) is 2.41. The second kappa shape index (κ2) is 8.23. The highest BCUT2D eigenvalue weighted by atomic mass is 16.5. The Bertz CT molecular complexity index is 514. The zero-order valence-electron chi connectivity index (χ0n) is 12.2. The van der Waals surface area contributed by atoms with Crippen LogP contribution in [-0.2, 0) is 4.79 Å². The molecule has 0 aliphatic heterocycles. The lowest BCUT2D eigenvalue weighted by Gasteiger charge is -2.13. The SMILES string of the molecule is CCC(C)C(=O)Nc1cc(C#CCCO)ccc1OC. The Morgan fingerprint density at radius 2 is 2.25 bits per heavy atom. The number of anilines is 1. The average molecular weight is 275 g/mol. The van der Waals surface area contributed by atoms with E-state index in [9.17, 15) is 4.79 Å². The van der Waals surface area contributed by atoms with Crippen LogP contribution in [0.2, 0.25) is 0 Å². The van der Waals surface area contributed by atoms with Crippen molar-refractivity contribution in [2.24, 2.45) is 5.92 Å². The van der Waals surface area contributed by atoms with Crippen LogP contribution in [0.25, 0.3) is 0 Å². The van der Waals surface area contributed by atoms with Gasteiger partial charge in [-0.3, -0.25) is 4.79 Å². The monoisotopic (exact) mass is 275 g/mol. The third kappa shape index (κ3) is 4.60. The van der Waals surface area contributed by atoms with Crippen molar-refractivity contribution in [3.8, 4) is 17.6 Å². The third-order valence-electron chi connectivity index (χ3n) is 2.99. The minimum atomic E-state index is -0.0520. The van der Waals surface area contributed by atoms with E-state index < -0.39 is 0 Å². The van der Waals surface area contributed by atoms with Gasteiger partial charge >= 0.3 is 0 Å². The van der Waals surface area contributed by atoms with Crippen LogP contribution >= 0.6 is 0 Å². The Labute approximate surface area is 120 Å². The van der Waals surface area contributed by atoms with E-state index >= 15 is 0 Å². The van der Waals surface area contributed by atoms with Gasteiger partial charge in [0.1, 0.15) is 5.75 Å². The van der Waals surface area contributed by atoms with Crippen molar-refractivity contribution in [2.45, 2.75) is 26.7 Å². The fraction of sp³-hybridized carbons (Fsp3) is 0.438. The number of carbonyl (C=O) groups is 1. The molecule has 0 saturated carbocycles. The van der Waals surface area contributed by atoms with Crippen LogP contribution < -0.4 is 10.1 Å². The van der Waals surface area contributed by atoms with Crippen LogP contribution in [0, 0.1) is 17.8 Å². The number of hydrogen-bond acceptors (Lipinski definition) is 3. The van der Waals surface area contributed by atoms with E-state index in [2.05, 4.69) is 17.2 Å². The second-order valence-corrected chi connectivity index (χ2v) is 4.49. The molecule has 0 bridgehead atoms. The van der Waals surface area contributed by atoms with E-state index in [1.54, 1.807) is 19.2 Å². The van der Waals surface area contributed by atoms with E-state index in [1.807, 2.05) is 19.9 Å². The van der Waals surface area contributed by atoms with Crippen LogP contribution in [0.15, 0.2) is 18.2 Å². The molecular weight excluding hydrogens is 254 g/mol. The smallest absolute Gasteiger partial charge is 0.227 e. The van der Waals surface area contributed by atoms with Gasteiger partial charge in [-0.15, -0.1) is 0 Å². The van der Waals surface area contributed by atoms with Gasteiger partial charge in [0.15, 0.2) is 0 Å². The van der Waals surface area contributed by atoms with Crippen LogP contribution in [-0.4, -0.2) is 24.7 Å². The molecular formula is C16H21NO3. The van der Waals surface area contributed by atoms with Crippen LogP contribution in [0.4, 0.5) is 5.69 Å². The summed E-state index contributed by atoms with van der Waals surface area (Å²) in [7, 11) is 1.56. The average Bonchev–Trinajstić information content (AvgIpc) is 2.47. The Balaban J connectivity index is 2.95. The molecule has 1 unspecified atom stereocenters. The van der Waals surface area contributed by atoms with Crippen LogP contribution in [0.5, 0.6) is 5.75 Å². The highest BCUT2D eigenvalue weighted by Crippen LogP contribution is 2.26. The molecule has 108 valence electrons. The van der Waals surface area contributed by atoms with Gasteiger partial charge in [0.2, 0.25) is 5.91 Å². The first kappa shape index (κ1) is 16.1. The number of rotatable bonds is 5. The quantitative estimate of drug-likeness (QED) is 0.811. The largest absolute Gasteiger partial charge is 0.495 e. The van der Waals surface area contributed by atoms with E-state index in [1.165, 1.54) is 0 Å². The van der Waals surface area contributed by atoms with E-state index in [0.717, 1.165) is 12.0 Å². The summed E-state index contributed by atoms with van der Waals surface area (Å²) in [5.41, 5.74) is 1.40. The summed E-state index contributed by atoms with van der Waals surface area (Å²) in [6, 6.07) is 5.38. The molecule has 2 N–H and O–H groups in total. The fourth-order valence-corrected chi connectivity index (χ4v) is 1.55. The van der Waals surface area contributed by atoms with Crippen molar-refractivity contribution in [2.75, 3.05) is 19.0 Å². The molecule has 0 heterocycles. The number of nitrogens with one attached hydrogen (secondary N) is 1. The molecule has 20 heavy (non-hydrogen) atoms. The number of aliphatic hydroxyl groups excluding tert-OH is 1. The first-order chi connectivity index (χ1) is 9.62. The molecule has 1 aromatic rings. The van der Waals surface area contributed by atoms with Crippen molar-refractivity contribution in [1.82, 2.24) is 0 Å². The Morgan fingerprint density at radius 1 is 1.50 bits per heavy atom. The first-order valence-corrected chi connectivity index (χ1v) is 6.71. The number of methoxy groups -OCH3 is 1. The van der Waals surface area contributed by atoms with Gasteiger partial charge in [-0.05, 0) is 24.6 Å². The zero-order valence-corrected chi connectivity index (χ0v) is 12.2. The molecule has 4 heteroatoms. The van der Waals surface area contributed by atoms with Gasteiger partial charge < -0.3 is 15.2 Å². The lowest BCUT2D eigenvalue weighted by molar-refractivity contribution is -0.119. The molecule has 0 aliphatic rings. The van der Waals surface area contributed by atoms with Crippen molar-refractivity contribution in [3.05, 3.63) is 23.8 Å². The normalized spacial score (nSPS) is 11.2. The maximum absolute atomic E-state index is 11.9. The molecule has 0 fully saturated rings. The number of hydrogen-bond donors (Lipinski definition) is 2. The fourth-order valence-electron chi connectivity index (χ4n) is 1.55. The van der Waals surface area contributed by atoms with Gasteiger partial charge in [0, 0.05) is 17.9 Å². The molecule has 0 aliphatic carbocycles. The summed E-state index contributed by atoms with van der Waals surface area (Å²) < 4.78 is 5.24. The summed E-state index contributed by atoms with van der Waals surface area (Å²) in [6.45, 7) is 3.89. The van der Waals surface area contributed by atoms with Crippen molar-refractivity contribution >= 4 is 11.6 Å². The molecule has 1 amide bonds. The highest BCUT2D eigenvalue weighted by molar-refractivity contribution is 5.93. The zero-order chi connectivity index (χ0) is 15.0. The summed E-state index contributed by atoms with van der Waals surface area (Å²) in [4.78, 5) is 11.9. The van der Waals surface area contributed by atoms with E-state index in [-0.39, 0.29) is 18.4 Å². The maximum atomic E-state index is 11.9. The topological polar surface area (TPSA) is 58.6 Å². The molecule has 1 atom stereocenters. The van der Waals surface area contributed by atoms with E-state index in [0.29, 0.717) is 17.9 Å². The van der Waals surface area contributed by atoms with Crippen molar-refractivity contribution < 1.29 is 14.6 Å². The highest BCUT2D eigenvalue weighted by Gasteiger charge is 2.13. The standard InChI is InChI=1S/C16H21NO3/c1-4-12(2)16(19)17-14-11-13(7-5-6-10-18)8-9-15(14)20-3/h8-9,11-12,18H,4,6,10H2,1-3H3,(H,17,19). The second-order valence-electron chi connectivity index (χ2n) is 4.49. The summed E-state index contributed by atoms with van der Waals surface area (Å²) >= 11 is 0. The summed E-state index contributed by atoms with van der Waals surface area (Å²) in [6.07, 6.45) is 1.21. The van der Waals surface area contributed by atoms with Crippen LogP contribution in [0.1, 0.15) is 32.3 Å². The summed E-state index contributed by atoms with van der Waals surface area (Å²) in [5, 5.41) is 11.6. The predicted molar refractivity (Wildman–Crippen MR) is 79.7 cm³/mol. The number of amides is 1. The maximum Gasteiger partial charge on any atom is 0.227 e. The van der Waals surface area contributed by atoms with Gasteiger partial charge in [-0.2, -0.15) is 0 Å². The molecule has 0 aromatic heterocycles. The Kier molecular flexibility index (Phi) is 6.61. The van der Waals surface area contributed by atoms with Crippen LogP contribution in [0.3, 0.4) is 0 Å². The lowest BCUT2D eigenvalue weighted by Crippen LogP contribution is -2.20. The van der Waals surface area contributed by atoms with E-state index in [4.69, 9.17) is 9.84 Å². The minimum Gasteiger partial charge on any atom is -0.495 e. The number of benzene rings is 1. The van der Waals surface area contributed by atoms with Crippen molar-refractivity contribution in [3.63, 3.8) is 0 Å². The third-order valence-corrected chi connectivity index (χ3v) is 2.99. The van der Waals surface area contributed by atoms with Gasteiger partial charge in [0.25, 0.3) is 0 Å². The van der Waals surface area contributed by atoms with Gasteiger partial charge in [0.05, 0.1) is 19.4 Å². The van der Waals surface area contributed by atoms with Crippen molar-refractivity contribution in [1.29, 1.82) is 0 Å².